The van der Waals surface area contributed by atoms with Crippen LogP contribution in [0.15, 0.2) is 30.3 Å². The van der Waals surface area contributed by atoms with E-state index >= 15 is 0 Å². The van der Waals surface area contributed by atoms with Gasteiger partial charge in [-0.15, -0.1) is 0 Å². The first-order valence-corrected chi connectivity index (χ1v) is 7.85. The van der Waals surface area contributed by atoms with Gasteiger partial charge in [0.1, 0.15) is 6.61 Å². The van der Waals surface area contributed by atoms with E-state index in [-0.39, 0.29) is 30.3 Å². The molecule has 5 nitrogen and oxygen atoms in total. The number of alkyl carbamates (subject to hydrolysis) is 1. The number of ether oxygens (including phenoxy) is 2. The van der Waals surface area contributed by atoms with Gasteiger partial charge in [-0.3, -0.25) is 0 Å². The van der Waals surface area contributed by atoms with E-state index < -0.39 is 0 Å². The smallest absolute Gasteiger partial charge is 0.407 e. The van der Waals surface area contributed by atoms with Gasteiger partial charge in [0.05, 0.1) is 18.8 Å². The van der Waals surface area contributed by atoms with Gasteiger partial charge >= 0.3 is 6.09 Å². The summed E-state index contributed by atoms with van der Waals surface area (Å²) in [6.07, 6.45) is 3.30. The lowest BCUT2D eigenvalue weighted by Crippen LogP contribution is -2.56. The van der Waals surface area contributed by atoms with Crippen LogP contribution in [-0.4, -0.2) is 36.6 Å². The third-order valence-electron chi connectivity index (χ3n) is 5.02. The third kappa shape index (κ3) is 3.25. The van der Waals surface area contributed by atoms with Gasteiger partial charge in [-0.25, -0.2) is 4.79 Å². The zero-order chi connectivity index (χ0) is 15.5. The predicted molar refractivity (Wildman–Crippen MR) is 81.3 cm³/mol. The highest BCUT2D eigenvalue weighted by molar-refractivity contribution is 5.67. The minimum atomic E-state index is -0.386. The molecular weight excluding hydrogens is 282 g/mol. The van der Waals surface area contributed by atoms with Gasteiger partial charge < -0.3 is 19.9 Å². The molecule has 1 amide bonds. The van der Waals surface area contributed by atoms with Crippen molar-refractivity contribution in [2.45, 2.75) is 37.9 Å². The van der Waals surface area contributed by atoms with Crippen LogP contribution in [0.1, 0.15) is 31.2 Å². The summed E-state index contributed by atoms with van der Waals surface area (Å²) in [6, 6.07) is 9.63. The molecule has 0 spiro atoms. The molecule has 1 saturated carbocycles. The van der Waals surface area contributed by atoms with Crippen LogP contribution >= 0.6 is 0 Å². The fourth-order valence-electron chi connectivity index (χ4n) is 3.30. The normalized spacial score (nSPS) is 30.0. The Hall–Kier alpha value is -1.59. The molecule has 2 heterocycles. The highest BCUT2D eigenvalue weighted by atomic mass is 16.5. The molecule has 0 radical (unpaired) electrons. The molecule has 5 heteroatoms. The molecule has 2 bridgehead atoms. The van der Waals surface area contributed by atoms with Crippen molar-refractivity contribution in [2.24, 2.45) is 5.41 Å². The molecule has 0 unspecified atom stereocenters. The van der Waals surface area contributed by atoms with Crippen molar-refractivity contribution < 1.29 is 19.4 Å². The Kier molecular flexibility index (Phi) is 4.36. The van der Waals surface area contributed by atoms with Crippen LogP contribution in [0, 0.1) is 5.41 Å². The average Bonchev–Trinajstić information content (AvgIpc) is 2.61. The third-order valence-corrected chi connectivity index (χ3v) is 5.02. The standard InChI is InChI=1S/C17H23NO4/c19-12-17-8-6-16(7-9-17,13-22-17)11-18-15(20)21-10-14-4-2-1-3-5-14/h1-5,19H,6-13H2,(H,18,20). The van der Waals surface area contributed by atoms with E-state index in [4.69, 9.17) is 9.47 Å². The molecule has 1 aromatic carbocycles. The molecule has 2 saturated heterocycles. The molecule has 3 aliphatic rings. The first-order chi connectivity index (χ1) is 10.7. The van der Waals surface area contributed by atoms with Crippen molar-refractivity contribution in [1.29, 1.82) is 0 Å². The zero-order valence-electron chi connectivity index (χ0n) is 12.7. The Balaban J connectivity index is 1.44. The number of hydrogen-bond donors (Lipinski definition) is 2. The molecule has 1 aliphatic carbocycles. The van der Waals surface area contributed by atoms with E-state index in [0.29, 0.717) is 13.2 Å². The van der Waals surface area contributed by atoms with Gasteiger partial charge in [0.15, 0.2) is 0 Å². The number of amides is 1. The Bertz CT molecular complexity index is 492. The maximum Gasteiger partial charge on any atom is 0.407 e. The highest BCUT2D eigenvalue weighted by Gasteiger charge is 2.49. The van der Waals surface area contributed by atoms with Crippen molar-refractivity contribution in [1.82, 2.24) is 5.32 Å². The second-order valence-corrected chi connectivity index (χ2v) is 6.55. The number of nitrogens with one attached hydrogen (secondary N) is 1. The molecular formula is C17H23NO4. The molecule has 1 aromatic rings. The molecule has 4 rings (SSSR count). The first-order valence-electron chi connectivity index (χ1n) is 7.85. The van der Waals surface area contributed by atoms with Crippen LogP contribution in [0.25, 0.3) is 0 Å². The van der Waals surface area contributed by atoms with Crippen LogP contribution in [0.4, 0.5) is 4.79 Å². The Morgan fingerprint density at radius 2 is 1.95 bits per heavy atom. The summed E-state index contributed by atoms with van der Waals surface area (Å²) in [4.78, 5) is 11.8. The number of benzene rings is 1. The second kappa shape index (κ2) is 6.26. The molecule has 22 heavy (non-hydrogen) atoms. The second-order valence-electron chi connectivity index (χ2n) is 6.55. The number of carbonyl (C=O) groups excluding carboxylic acids is 1. The summed E-state index contributed by atoms with van der Waals surface area (Å²) in [5.74, 6) is 0. The first kappa shape index (κ1) is 15.3. The summed E-state index contributed by atoms with van der Waals surface area (Å²) < 4.78 is 11.1. The van der Waals surface area contributed by atoms with Crippen molar-refractivity contribution in [3.05, 3.63) is 35.9 Å². The Labute approximate surface area is 130 Å². The Morgan fingerprint density at radius 3 is 2.55 bits per heavy atom. The quantitative estimate of drug-likeness (QED) is 0.875. The van der Waals surface area contributed by atoms with Gasteiger partial charge in [-0.05, 0) is 31.2 Å². The fraction of sp³-hybridized carbons (Fsp3) is 0.588. The number of carbonyl (C=O) groups is 1. The summed E-state index contributed by atoms with van der Waals surface area (Å²) >= 11 is 0. The predicted octanol–water partition coefficient (Wildman–Crippen LogP) is 2.23. The van der Waals surface area contributed by atoms with Gasteiger partial charge in [-0.1, -0.05) is 30.3 Å². The van der Waals surface area contributed by atoms with E-state index in [0.717, 1.165) is 31.2 Å². The van der Waals surface area contributed by atoms with E-state index in [1.165, 1.54) is 0 Å². The van der Waals surface area contributed by atoms with Gasteiger partial charge in [0.25, 0.3) is 0 Å². The van der Waals surface area contributed by atoms with Gasteiger partial charge in [0.2, 0.25) is 0 Å². The van der Waals surface area contributed by atoms with E-state index in [1.54, 1.807) is 0 Å². The zero-order valence-corrected chi connectivity index (χ0v) is 12.7. The average molecular weight is 305 g/mol. The molecule has 120 valence electrons. The molecule has 2 N–H and O–H groups in total. The SMILES string of the molecule is O=C(NCC12CCC(CO)(CC1)OC2)OCc1ccccc1. The molecule has 0 atom stereocenters. The fourth-order valence-corrected chi connectivity index (χ4v) is 3.30. The Morgan fingerprint density at radius 1 is 1.23 bits per heavy atom. The van der Waals surface area contributed by atoms with Crippen LogP contribution < -0.4 is 5.32 Å². The van der Waals surface area contributed by atoms with Crippen molar-refractivity contribution >= 4 is 6.09 Å². The van der Waals surface area contributed by atoms with Crippen LogP contribution in [-0.2, 0) is 16.1 Å². The summed E-state index contributed by atoms with van der Waals surface area (Å²) in [5.41, 5.74) is 0.653. The van der Waals surface area contributed by atoms with Crippen LogP contribution in [0.3, 0.4) is 0 Å². The highest BCUT2D eigenvalue weighted by Crippen LogP contribution is 2.48. The summed E-state index contributed by atoms with van der Waals surface area (Å²) in [5, 5.41) is 12.3. The monoisotopic (exact) mass is 305 g/mol. The van der Waals surface area contributed by atoms with Crippen LogP contribution in [0.5, 0.6) is 0 Å². The van der Waals surface area contributed by atoms with Crippen molar-refractivity contribution in [3.8, 4) is 0 Å². The number of aliphatic hydroxyl groups is 1. The lowest BCUT2D eigenvalue weighted by molar-refractivity contribution is -0.197. The minimum Gasteiger partial charge on any atom is -0.445 e. The van der Waals surface area contributed by atoms with Crippen molar-refractivity contribution in [3.63, 3.8) is 0 Å². The number of hydrogen-bond acceptors (Lipinski definition) is 4. The topological polar surface area (TPSA) is 67.8 Å². The number of aliphatic hydroxyl groups excluding tert-OH is 1. The summed E-state index contributed by atoms with van der Waals surface area (Å²) in [7, 11) is 0. The lowest BCUT2D eigenvalue weighted by atomic mass is 9.66. The van der Waals surface area contributed by atoms with Crippen LogP contribution in [0.2, 0.25) is 0 Å². The van der Waals surface area contributed by atoms with E-state index in [2.05, 4.69) is 5.32 Å². The summed E-state index contributed by atoms with van der Waals surface area (Å²) in [6.45, 7) is 1.55. The van der Waals surface area contributed by atoms with Gasteiger partial charge in [0, 0.05) is 12.0 Å². The van der Waals surface area contributed by atoms with Crippen molar-refractivity contribution in [2.75, 3.05) is 19.8 Å². The molecule has 0 aromatic heterocycles. The maximum absolute atomic E-state index is 11.8. The van der Waals surface area contributed by atoms with E-state index in [9.17, 15) is 9.90 Å². The molecule has 2 aliphatic heterocycles. The lowest BCUT2D eigenvalue weighted by Gasteiger charge is -2.52. The number of rotatable bonds is 5. The van der Waals surface area contributed by atoms with Gasteiger partial charge in [-0.2, -0.15) is 0 Å². The maximum atomic E-state index is 11.8. The minimum absolute atomic E-state index is 0.00267. The number of fused-ring (bicyclic) bond motifs is 3. The van der Waals surface area contributed by atoms with E-state index in [1.807, 2.05) is 30.3 Å². The molecule has 3 fully saturated rings. The largest absolute Gasteiger partial charge is 0.445 e.